The molecule has 0 bridgehead atoms. The maximum Gasteiger partial charge on any atom is 0.306 e. The topological polar surface area (TPSA) is 40.5 Å². The summed E-state index contributed by atoms with van der Waals surface area (Å²) in [7, 11) is 0. The van der Waals surface area contributed by atoms with Crippen LogP contribution >= 0.6 is 0 Å². The molecular formula is C16H23NO2. The molecule has 1 aliphatic rings. The Labute approximate surface area is 115 Å². The lowest BCUT2D eigenvalue weighted by molar-refractivity contribution is -0.145. The van der Waals surface area contributed by atoms with Crippen LogP contribution in [0.5, 0.6) is 0 Å². The van der Waals surface area contributed by atoms with Crippen molar-refractivity contribution >= 4 is 5.97 Å². The Hall–Kier alpha value is -1.35. The third kappa shape index (κ3) is 3.35. The van der Waals surface area contributed by atoms with Gasteiger partial charge in [-0.3, -0.25) is 9.69 Å². The number of likely N-dealkylation sites (tertiary alicyclic amines) is 1. The molecule has 1 saturated heterocycles. The summed E-state index contributed by atoms with van der Waals surface area (Å²) < 4.78 is 0. The van der Waals surface area contributed by atoms with Crippen LogP contribution in [-0.4, -0.2) is 29.1 Å². The minimum Gasteiger partial charge on any atom is -0.481 e. The molecule has 0 radical (unpaired) electrons. The van der Waals surface area contributed by atoms with Crippen molar-refractivity contribution in [2.24, 2.45) is 11.8 Å². The van der Waals surface area contributed by atoms with E-state index in [0.717, 1.165) is 19.6 Å². The molecule has 0 spiro atoms. The van der Waals surface area contributed by atoms with Gasteiger partial charge in [-0.1, -0.05) is 45.0 Å². The van der Waals surface area contributed by atoms with Crippen LogP contribution in [0.4, 0.5) is 0 Å². The number of carboxylic acids is 1. The average molecular weight is 261 g/mol. The van der Waals surface area contributed by atoms with Gasteiger partial charge in [0.05, 0.1) is 5.92 Å². The van der Waals surface area contributed by atoms with Gasteiger partial charge in [-0.25, -0.2) is 0 Å². The van der Waals surface area contributed by atoms with Crippen LogP contribution in [0.3, 0.4) is 0 Å². The van der Waals surface area contributed by atoms with Gasteiger partial charge in [-0.2, -0.15) is 0 Å². The number of carboxylic acid groups (broad SMARTS) is 1. The number of nitrogens with zero attached hydrogens (tertiary/aromatic N) is 1. The van der Waals surface area contributed by atoms with Crippen molar-refractivity contribution < 1.29 is 9.90 Å². The summed E-state index contributed by atoms with van der Waals surface area (Å²) in [6.07, 6.45) is 0. The normalized spacial score (nSPS) is 18.3. The fourth-order valence-electron chi connectivity index (χ4n) is 2.52. The Morgan fingerprint density at radius 1 is 1.26 bits per heavy atom. The summed E-state index contributed by atoms with van der Waals surface area (Å²) in [5, 5.41) is 8.96. The van der Waals surface area contributed by atoms with Gasteiger partial charge in [0.2, 0.25) is 0 Å². The summed E-state index contributed by atoms with van der Waals surface area (Å²) in [5.41, 5.74) is 2.68. The van der Waals surface area contributed by atoms with Crippen LogP contribution in [0.15, 0.2) is 24.3 Å². The SMILES string of the molecule is CC(C)c1ccc(CN2CC(C(C)C(=O)O)C2)cc1. The molecule has 1 heterocycles. The molecule has 19 heavy (non-hydrogen) atoms. The molecule has 1 aromatic carbocycles. The predicted octanol–water partition coefficient (Wildman–Crippen LogP) is 2.96. The van der Waals surface area contributed by atoms with Gasteiger partial charge >= 0.3 is 5.97 Å². The molecule has 1 fully saturated rings. The number of aliphatic carboxylic acids is 1. The molecule has 1 unspecified atom stereocenters. The lowest BCUT2D eigenvalue weighted by Gasteiger charge is -2.41. The lowest BCUT2D eigenvalue weighted by Crippen LogP contribution is -2.50. The van der Waals surface area contributed by atoms with Gasteiger partial charge in [0, 0.05) is 19.6 Å². The van der Waals surface area contributed by atoms with E-state index in [-0.39, 0.29) is 5.92 Å². The second kappa shape index (κ2) is 5.74. The van der Waals surface area contributed by atoms with Gasteiger partial charge in [0.15, 0.2) is 0 Å². The predicted molar refractivity (Wildman–Crippen MR) is 76.1 cm³/mol. The van der Waals surface area contributed by atoms with Crippen molar-refractivity contribution in [2.75, 3.05) is 13.1 Å². The molecule has 0 saturated carbocycles. The van der Waals surface area contributed by atoms with Crippen LogP contribution in [0.2, 0.25) is 0 Å². The first-order valence-corrected chi connectivity index (χ1v) is 7.01. The molecule has 1 N–H and O–H groups in total. The summed E-state index contributed by atoms with van der Waals surface area (Å²) in [6, 6.07) is 8.75. The molecule has 0 aliphatic carbocycles. The van der Waals surface area contributed by atoms with Crippen molar-refractivity contribution in [1.82, 2.24) is 4.90 Å². The summed E-state index contributed by atoms with van der Waals surface area (Å²) in [5.74, 6) is -0.0169. The van der Waals surface area contributed by atoms with Gasteiger partial charge < -0.3 is 5.11 Å². The van der Waals surface area contributed by atoms with E-state index in [2.05, 4.69) is 43.0 Å². The Bertz CT molecular complexity index is 433. The zero-order chi connectivity index (χ0) is 14.0. The van der Waals surface area contributed by atoms with Crippen LogP contribution < -0.4 is 0 Å². The van der Waals surface area contributed by atoms with Gasteiger partial charge in [0.25, 0.3) is 0 Å². The first-order chi connectivity index (χ1) is 8.97. The molecule has 1 aromatic rings. The van der Waals surface area contributed by atoms with E-state index in [4.69, 9.17) is 5.11 Å². The Kier molecular flexibility index (Phi) is 4.25. The third-order valence-corrected chi connectivity index (χ3v) is 4.13. The Balaban J connectivity index is 1.83. The fraction of sp³-hybridized carbons (Fsp3) is 0.562. The number of carbonyl (C=O) groups is 1. The maximum atomic E-state index is 10.9. The first-order valence-electron chi connectivity index (χ1n) is 7.01. The summed E-state index contributed by atoms with van der Waals surface area (Å²) in [6.45, 7) is 8.94. The highest BCUT2D eigenvalue weighted by atomic mass is 16.4. The van der Waals surface area contributed by atoms with E-state index in [1.54, 1.807) is 0 Å². The first kappa shape index (κ1) is 14.1. The minimum atomic E-state index is -0.675. The van der Waals surface area contributed by atoms with E-state index < -0.39 is 5.97 Å². The standard InChI is InChI=1S/C16H23NO2/c1-11(2)14-6-4-13(5-7-14)8-17-9-15(10-17)12(3)16(18)19/h4-7,11-12,15H,8-10H2,1-3H3,(H,18,19). The quantitative estimate of drug-likeness (QED) is 0.886. The third-order valence-electron chi connectivity index (χ3n) is 4.13. The second-order valence-corrected chi connectivity index (χ2v) is 5.98. The van der Waals surface area contributed by atoms with Crippen molar-refractivity contribution in [3.63, 3.8) is 0 Å². The highest BCUT2D eigenvalue weighted by molar-refractivity contribution is 5.70. The summed E-state index contributed by atoms with van der Waals surface area (Å²) in [4.78, 5) is 13.2. The van der Waals surface area contributed by atoms with Crippen molar-refractivity contribution in [2.45, 2.75) is 33.2 Å². The van der Waals surface area contributed by atoms with E-state index in [9.17, 15) is 4.79 Å². The highest BCUT2D eigenvalue weighted by Gasteiger charge is 2.34. The van der Waals surface area contributed by atoms with Crippen LogP contribution in [0.25, 0.3) is 0 Å². The molecule has 3 heteroatoms. The van der Waals surface area contributed by atoms with Crippen LogP contribution in [0.1, 0.15) is 37.8 Å². The molecule has 104 valence electrons. The van der Waals surface area contributed by atoms with E-state index in [0.29, 0.717) is 11.8 Å². The molecule has 2 rings (SSSR count). The minimum absolute atomic E-state index is 0.223. The second-order valence-electron chi connectivity index (χ2n) is 5.98. The lowest BCUT2D eigenvalue weighted by atomic mass is 9.87. The monoisotopic (exact) mass is 261 g/mol. The zero-order valence-electron chi connectivity index (χ0n) is 12.0. The summed E-state index contributed by atoms with van der Waals surface area (Å²) >= 11 is 0. The maximum absolute atomic E-state index is 10.9. The van der Waals surface area contributed by atoms with Gasteiger partial charge in [-0.05, 0) is 23.0 Å². The largest absolute Gasteiger partial charge is 0.481 e. The number of benzene rings is 1. The fourth-order valence-corrected chi connectivity index (χ4v) is 2.52. The highest BCUT2D eigenvalue weighted by Crippen LogP contribution is 2.26. The number of hydrogen-bond acceptors (Lipinski definition) is 2. The smallest absolute Gasteiger partial charge is 0.306 e. The van der Waals surface area contributed by atoms with Gasteiger partial charge in [0.1, 0.15) is 0 Å². The molecule has 3 nitrogen and oxygen atoms in total. The number of rotatable bonds is 5. The molecule has 0 amide bonds. The van der Waals surface area contributed by atoms with Crippen LogP contribution in [-0.2, 0) is 11.3 Å². The van der Waals surface area contributed by atoms with Crippen molar-refractivity contribution in [3.05, 3.63) is 35.4 Å². The van der Waals surface area contributed by atoms with Crippen LogP contribution in [0, 0.1) is 11.8 Å². The van der Waals surface area contributed by atoms with Crippen molar-refractivity contribution in [1.29, 1.82) is 0 Å². The molecule has 1 atom stereocenters. The number of hydrogen-bond donors (Lipinski definition) is 1. The average Bonchev–Trinajstić information content (AvgIpc) is 2.33. The zero-order valence-corrected chi connectivity index (χ0v) is 12.0. The Morgan fingerprint density at radius 3 is 2.32 bits per heavy atom. The van der Waals surface area contributed by atoms with Gasteiger partial charge in [-0.15, -0.1) is 0 Å². The van der Waals surface area contributed by atoms with Crippen molar-refractivity contribution in [3.8, 4) is 0 Å². The molecule has 0 aromatic heterocycles. The Morgan fingerprint density at radius 2 is 1.84 bits per heavy atom. The molecule has 1 aliphatic heterocycles. The van der Waals surface area contributed by atoms with E-state index in [1.165, 1.54) is 11.1 Å². The molecular weight excluding hydrogens is 238 g/mol. The van der Waals surface area contributed by atoms with E-state index in [1.807, 2.05) is 6.92 Å². The van der Waals surface area contributed by atoms with E-state index >= 15 is 0 Å².